The summed E-state index contributed by atoms with van der Waals surface area (Å²) in [7, 11) is 1.94. The van der Waals surface area contributed by atoms with Crippen LogP contribution >= 0.6 is 0 Å². The zero-order valence-electron chi connectivity index (χ0n) is 12.9. The van der Waals surface area contributed by atoms with Gasteiger partial charge >= 0.3 is 0 Å². The van der Waals surface area contributed by atoms with E-state index in [1.165, 1.54) is 25.9 Å². The van der Waals surface area contributed by atoms with E-state index in [-0.39, 0.29) is 12.1 Å². The van der Waals surface area contributed by atoms with Crippen LogP contribution < -0.4 is 5.32 Å². The summed E-state index contributed by atoms with van der Waals surface area (Å²) < 4.78 is 0. The first-order valence-corrected chi connectivity index (χ1v) is 7.45. The molecule has 1 heterocycles. The molecule has 108 valence electrons. The summed E-state index contributed by atoms with van der Waals surface area (Å²) in [5.41, 5.74) is -0.145. The molecule has 1 saturated heterocycles. The molecule has 0 aromatic heterocycles. The molecule has 3 heteroatoms. The van der Waals surface area contributed by atoms with E-state index >= 15 is 0 Å². The van der Waals surface area contributed by atoms with Crippen LogP contribution in [0.3, 0.4) is 0 Å². The Labute approximate surface area is 113 Å². The number of aliphatic hydroxyl groups is 1. The second-order valence-corrected chi connectivity index (χ2v) is 6.64. The lowest BCUT2D eigenvalue weighted by Gasteiger charge is -2.40. The molecular weight excluding hydrogens is 224 g/mol. The van der Waals surface area contributed by atoms with Crippen LogP contribution in [0.15, 0.2) is 0 Å². The van der Waals surface area contributed by atoms with Crippen molar-refractivity contribution in [3.05, 3.63) is 0 Å². The lowest BCUT2D eigenvalue weighted by Crippen LogP contribution is -2.50. The van der Waals surface area contributed by atoms with Gasteiger partial charge in [-0.1, -0.05) is 13.8 Å². The number of aliphatic hydroxyl groups excluding tert-OH is 1. The second kappa shape index (κ2) is 6.88. The monoisotopic (exact) mass is 256 g/mol. The summed E-state index contributed by atoms with van der Waals surface area (Å²) in [6, 6.07) is 0.544. The van der Waals surface area contributed by atoms with E-state index in [9.17, 15) is 5.11 Å². The number of piperidine rings is 1. The number of likely N-dealkylation sites (N-methyl/N-ethyl adjacent to an activating group) is 1. The van der Waals surface area contributed by atoms with Crippen LogP contribution in [-0.2, 0) is 0 Å². The molecule has 2 atom stereocenters. The Bertz CT molecular complexity index is 231. The Balaban J connectivity index is 2.42. The molecule has 1 aliphatic heterocycles. The third-order valence-electron chi connectivity index (χ3n) is 4.84. The van der Waals surface area contributed by atoms with Gasteiger partial charge in [-0.25, -0.2) is 0 Å². The SMILES string of the molecule is CNC(C)(CO)CC(C)N1CCC(C(C)C)CC1. The molecule has 0 saturated carbocycles. The Morgan fingerprint density at radius 1 is 1.28 bits per heavy atom. The predicted molar refractivity (Wildman–Crippen MR) is 77.8 cm³/mol. The molecule has 1 rings (SSSR count). The standard InChI is InChI=1S/C15H32N2O/c1-12(2)14-6-8-17(9-7-14)13(3)10-15(4,11-18)16-5/h12-14,16,18H,6-11H2,1-5H3. The minimum absolute atomic E-state index is 0.145. The maximum absolute atomic E-state index is 9.47. The van der Waals surface area contributed by atoms with Crippen LogP contribution in [0.4, 0.5) is 0 Å². The van der Waals surface area contributed by atoms with Gasteiger partial charge < -0.3 is 15.3 Å². The maximum atomic E-state index is 9.47. The topological polar surface area (TPSA) is 35.5 Å². The summed E-state index contributed by atoms with van der Waals surface area (Å²) in [4.78, 5) is 2.59. The first-order chi connectivity index (χ1) is 8.41. The molecule has 3 nitrogen and oxygen atoms in total. The van der Waals surface area contributed by atoms with Gasteiger partial charge in [-0.05, 0) is 65.1 Å². The molecule has 0 amide bonds. The zero-order chi connectivity index (χ0) is 13.8. The van der Waals surface area contributed by atoms with Crippen molar-refractivity contribution in [1.29, 1.82) is 0 Å². The Morgan fingerprint density at radius 3 is 2.22 bits per heavy atom. The molecule has 0 bridgehead atoms. The lowest BCUT2D eigenvalue weighted by molar-refractivity contribution is 0.0843. The molecule has 18 heavy (non-hydrogen) atoms. The van der Waals surface area contributed by atoms with E-state index in [4.69, 9.17) is 0 Å². The van der Waals surface area contributed by atoms with Crippen molar-refractivity contribution in [3.63, 3.8) is 0 Å². The van der Waals surface area contributed by atoms with Crippen LogP contribution in [-0.4, -0.2) is 48.3 Å². The average molecular weight is 256 g/mol. The fraction of sp³-hybridized carbons (Fsp3) is 1.00. The number of hydrogen-bond donors (Lipinski definition) is 2. The molecule has 2 unspecified atom stereocenters. The second-order valence-electron chi connectivity index (χ2n) is 6.64. The largest absolute Gasteiger partial charge is 0.394 e. The highest BCUT2D eigenvalue weighted by atomic mass is 16.3. The highest BCUT2D eigenvalue weighted by Crippen LogP contribution is 2.27. The smallest absolute Gasteiger partial charge is 0.0611 e. The van der Waals surface area contributed by atoms with Gasteiger partial charge in [0.1, 0.15) is 0 Å². The first-order valence-electron chi connectivity index (χ1n) is 7.45. The minimum atomic E-state index is -0.145. The number of nitrogens with zero attached hydrogens (tertiary/aromatic N) is 1. The van der Waals surface area contributed by atoms with Gasteiger partial charge in [0.2, 0.25) is 0 Å². The number of rotatable bonds is 6. The summed E-state index contributed by atoms with van der Waals surface area (Å²) >= 11 is 0. The third-order valence-corrected chi connectivity index (χ3v) is 4.84. The van der Waals surface area contributed by atoms with Crippen molar-refractivity contribution in [3.8, 4) is 0 Å². The minimum Gasteiger partial charge on any atom is -0.394 e. The van der Waals surface area contributed by atoms with Gasteiger partial charge in [-0.3, -0.25) is 0 Å². The van der Waals surface area contributed by atoms with E-state index in [2.05, 4.69) is 37.9 Å². The first kappa shape index (κ1) is 15.9. The molecule has 0 aromatic carbocycles. The van der Waals surface area contributed by atoms with Crippen LogP contribution in [0.5, 0.6) is 0 Å². The summed E-state index contributed by atoms with van der Waals surface area (Å²) in [6.07, 6.45) is 3.67. The molecular formula is C15H32N2O. The fourth-order valence-electron chi connectivity index (χ4n) is 3.05. The molecule has 1 fully saturated rings. The van der Waals surface area contributed by atoms with E-state index < -0.39 is 0 Å². The Hall–Kier alpha value is -0.120. The van der Waals surface area contributed by atoms with Gasteiger partial charge in [-0.2, -0.15) is 0 Å². The van der Waals surface area contributed by atoms with Gasteiger partial charge in [-0.15, -0.1) is 0 Å². The van der Waals surface area contributed by atoms with Crippen molar-refractivity contribution in [2.75, 3.05) is 26.7 Å². The molecule has 1 aliphatic rings. The van der Waals surface area contributed by atoms with Crippen molar-refractivity contribution >= 4 is 0 Å². The lowest BCUT2D eigenvalue weighted by atomic mass is 9.85. The van der Waals surface area contributed by atoms with Crippen molar-refractivity contribution in [1.82, 2.24) is 10.2 Å². The van der Waals surface area contributed by atoms with Crippen LogP contribution in [0.25, 0.3) is 0 Å². The predicted octanol–water partition coefficient (Wildman–Crippen LogP) is 2.10. The molecule has 0 aliphatic carbocycles. The number of likely N-dealkylation sites (tertiary alicyclic amines) is 1. The van der Waals surface area contributed by atoms with Crippen molar-refractivity contribution in [2.45, 2.75) is 58.5 Å². The van der Waals surface area contributed by atoms with Gasteiger partial charge in [0.05, 0.1) is 6.61 Å². The zero-order valence-corrected chi connectivity index (χ0v) is 12.9. The van der Waals surface area contributed by atoms with E-state index in [1.807, 2.05) is 7.05 Å². The normalized spacial score (nSPS) is 24.2. The van der Waals surface area contributed by atoms with Gasteiger partial charge in [0, 0.05) is 11.6 Å². The van der Waals surface area contributed by atoms with E-state index in [0.717, 1.165) is 18.3 Å². The highest BCUT2D eigenvalue weighted by Gasteiger charge is 2.29. The Morgan fingerprint density at radius 2 is 1.83 bits per heavy atom. The van der Waals surface area contributed by atoms with Crippen LogP contribution in [0, 0.1) is 11.8 Å². The summed E-state index contributed by atoms with van der Waals surface area (Å²) in [5.74, 6) is 1.73. The number of hydrogen-bond acceptors (Lipinski definition) is 3. The van der Waals surface area contributed by atoms with Crippen LogP contribution in [0.2, 0.25) is 0 Å². The maximum Gasteiger partial charge on any atom is 0.0611 e. The quantitative estimate of drug-likeness (QED) is 0.764. The fourth-order valence-corrected chi connectivity index (χ4v) is 3.05. The van der Waals surface area contributed by atoms with Crippen LogP contribution in [0.1, 0.15) is 47.0 Å². The molecule has 0 spiro atoms. The number of nitrogens with one attached hydrogen (secondary N) is 1. The summed E-state index contributed by atoms with van der Waals surface area (Å²) in [6.45, 7) is 11.7. The highest BCUT2D eigenvalue weighted by molar-refractivity contribution is 4.87. The van der Waals surface area contributed by atoms with Gasteiger partial charge in [0.15, 0.2) is 0 Å². The Kier molecular flexibility index (Phi) is 6.09. The van der Waals surface area contributed by atoms with E-state index in [1.54, 1.807) is 0 Å². The third kappa shape index (κ3) is 4.22. The van der Waals surface area contributed by atoms with Gasteiger partial charge in [0.25, 0.3) is 0 Å². The average Bonchev–Trinajstić information content (AvgIpc) is 2.38. The van der Waals surface area contributed by atoms with Crippen molar-refractivity contribution in [2.24, 2.45) is 11.8 Å². The summed E-state index contributed by atoms with van der Waals surface area (Å²) in [5, 5.41) is 12.7. The molecule has 0 radical (unpaired) electrons. The molecule has 2 N–H and O–H groups in total. The molecule has 0 aromatic rings. The van der Waals surface area contributed by atoms with E-state index in [0.29, 0.717) is 6.04 Å². The van der Waals surface area contributed by atoms with Crippen molar-refractivity contribution < 1.29 is 5.11 Å².